The minimum atomic E-state index is 0.0329. The van der Waals surface area contributed by atoms with E-state index in [2.05, 4.69) is 20.8 Å². The number of hydrogen-bond acceptors (Lipinski definition) is 3. The van der Waals surface area contributed by atoms with E-state index in [0.29, 0.717) is 30.0 Å². The average molecular weight is 401 g/mol. The normalized spacial score (nSPS) is 41.2. The molecule has 4 aliphatic carbocycles. The Bertz CT molecular complexity index is 665. The molecule has 3 nitrogen and oxygen atoms in total. The molecule has 0 aromatic heterocycles. The average Bonchev–Trinajstić information content (AvgIpc) is 2.99. The Labute approximate surface area is 177 Å². The lowest BCUT2D eigenvalue weighted by molar-refractivity contribution is -0.162. The summed E-state index contributed by atoms with van der Waals surface area (Å²) in [6, 6.07) is 0. The number of hydrogen-bond donors (Lipinski definition) is 0. The van der Waals surface area contributed by atoms with Gasteiger partial charge in [0.05, 0.1) is 0 Å². The minimum Gasteiger partial charge on any atom is -0.461 e. The summed E-state index contributed by atoms with van der Waals surface area (Å²) in [7, 11) is 0. The summed E-state index contributed by atoms with van der Waals surface area (Å²) in [5.74, 6) is 3.72. The first-order valence-electron chi connectivity index (χ1n) is 12.4. The number of carbonyl (C=O) groups excluding carboxylic acids is 2. The molecule has 4 aliphatic rings. The Kier molecular flexibility index (Phi) is 6.23. The fourth-order valence-electron chi connectivity index (χ4n) is 7.65. The standard InChI is InChI=1S/C26H40O3/c1-4-6-7-8-24(28)29-25-17(5-2)16-23-22-11-9-18-15-19(27)10-12-20(18)21(22)13-14-26(23,25)3/h15,17,20-23,25H,4-14,16H2,1-3H3/t17-,20-,21+,22+,23-,25-,26-/m0/s1. The third kappa shape index (κ3) is 3.83. The second kappa shape index (κ2) is 8.55. The van der Waals surface area contributed by atoms with Crippen LogP contribution in [0.4, 0.5) is 0 Å². The van der Waals surface area contributed by atoms with E-state index in [9.17, 15) is 9.59 Å². The Balaban J connectivity index is 1.50. The summed E-state index contributed by atoms with van der Waals surface area (Å²) in [4.78, 5) is 24.5. The zero-order valence-electron chi connectivity index (χ0n) is 18.8. The summed E-state index contributed by atoms with van der Waals surface area (Å²) < 4.78 is 6.24. The summed E-state index contributed by atoms with van der Waals surface area (Å²) in [6.45, 7) is 6.88. The van der Waals surface area contributed by atoms with E-state index in [1.807, 2.05) is 6.08 Å². The van der Waals surface area contributed by atoms with Crippen LogP contribution in [0.5, 0.6) is 0 Å². The molecule has 29 heavy (non-hydrogen) atoms. The maximum atomic E-state index is 12.6. The summed E-state index contributed by atoms with van der Waals surface area (Å²) >= 11 is 0. The lowest BCUT2D eigenvalue weighted by Gasteiger charge is -2.53. The molecule has 3 heteroatoms. The van der Waals surface area contributed by atoms with Gasteiger partial charge in [0.1, 0.15) is 6.10 Å². The van der Waals surface area contributed by atoms with Crippen LogP contribution in [0, 0.1) is 35.0 Å². The molecule has 0 aromatic rings. The minimum absolute atomic E-state index is 0.0329. The van der Waals surface area contributed by atoms with Crippen LogP contribution >= 0.6 is 0 Å². The van der Waals surface area contributed by atoms with Crippen LogP contribution in [0.25, 0.3) is 0 Å². The van der Waals surface area contributed by atoms with Crippen molar-refractivity contribution in [1.29, 1.82) is 0 Å². The molecule has 4 rings (SSSR count). The van der Waals surface area contributed by atoms with E-state index >= 15 is 0 Å². The van der Waals surface area contributed by atoms with E-state index < -0.39 is 0 Å². The van der Waals surface area contributed by atoms with Gasteiger partial charge in [0, 0.05) is 18.3 Å². The molecule has 0 amide bonds. The Morgan fingerprint density at radius 3 is 2.72 bits per heavy atom. The van der Waals surface area contributed by atoms with E-state index in [-0.39, 0.29) is 17.5 Å². The van der Waals surface area contributed by atoms with Gasteiger partial charge in [0.25, 0.3) is 0 Å². The molecular weight excluding hydrogens is 360 g/mol. The smallest absolute Gasteiger partial charge is 0.306 e. The van der Waals surface area contributed by atoms with Crippen LogP contribution in [0.2, 0.25) is 0 Å². The quantitative estimate of drug-likeness (QED) is 0.390. The third-order valence-electron chi connectivity index (χ3n) is 9.14. The van der Waals surface area contributed by atoms with Gasteiger partial charge in [-0.15, -0.1) is 0 Å². The predicted molar refractivity (Wildman–Crippen MR) is 115 cm³/mol. The van der Waals surface area contributed by atoms with Gasteiger partial charge in [-0.25, -0.2) is 0 Å². The number of allylic oxidation sites excluding steroid dienone is 1. The zero-order valence-corrected chi connectivity index (χ0v) is 18.8. The first-order valence-corrected chi connectivity index (χ1v) is 12.4. The number of fused-ring (bicyclic) bond motifs is 5. The van der Waals surface area contributed by atoms with Gasteiger partial charge in [-0.1, -0.05) is 39.2 Å². The summed E-state index contributed by atoms with van der Waals surface area (Å²) in [6.07, 6.45) is 14.8. The van der Waals surface area contributed by atoms with Crippen molar-refractivity contribution in [1.82, 2.24) is 0 Å². The van der Waals surface area contributed by atoms with Gasteiger partial charge in [-0.3, -0.25) is 9.59 Å². The molecule has 0 unspecified atom stereocenters. The number of ether oxygens (including phenoxy) is 1. The van der Waals surface area contributed by atoms with Gasteiger partial charge in [0.15, 0.2) is 5.78 Å². The van der Waals surface area contributed by atoms with Crippen molar-refractivity contribution in [2.24, 2.45) is 35.0 Å². The van der Waals surface area contributed by atoms with Crippen LogP contribution in [-0.2, 0) is 14.3 Å². The Morgan fingerprint density at radius 1 is 1.14 bits per heavy atom. The second-order valence-corrected chi connectivity index (χ2v) is 10.6. The molecule has 162 valence electrons. The molecule has 0 saturated heterocycles. The molecule has 0 radical (unpaired) electrons. The van der Waals surface area contributed by atoms with Crippen LogP contribution in [0.15, 0.2) is 11.6 Å². The molecule has 0 bridgehead atoms. The Hall–Kier alpha value is -1.12. The highest BCUT2D eigenvalue weighted by Crippen LogP contribution is 2.64. The highest BCUT2D eigenvalue weighted by atomic mass is 16.5. The van der Waals surface area contributed by atoms with Gasteiger partial charge in [0.2, 0.25) is 0 Å². The van der Waals surface area contributed by atoms with E-state index in [4.69, 9.17) is 4.74 Å². The van der Waals surface area contributed by atoms with Gasteiger partial charge >= 0.3 is 5.97 Å². The fourth-order valence-corrected chi connectivity index (χ4v) is 7.65. The number of carbonyl (C=O) groups is 2. The summed E-state index contributed by atoms with van der Waals surface area (Å²) in [5.41, 5.74) is 1.60. The molecule has 0 heterocycles. The first-order chi connectivity index (χ1) is 14.0. The maximum absolute atomic E-state index is 12.6. The van der Waals surface area contributed by atoms with E-state index in [1.54, 1.807) is 0 Å². The largest absolute Gasteiger partial charge is 0.461 e. The van der Waals surface area contributed by atoms with E-state index in [0.717, 1.165) is 56.8 Å². The molecule has 3 saturated carbocycles. The molecule has 3 fully saturated rings. The van der Waals surface area contributed by atoms with Crippen LogP contribution in [-0.4, -0.2) is 17.9 Å². The van der Waals surface area contributed by atoms with Crippen molar-refractivity contribution >= 4 is 11.8 Å². The predicted octanol–water partition coefficient (Wildman–Crippen LogP) is 6.26. The number of ketones is 1. The topological polar surface area (TPSA) is 43.4 Å². The van der Waals surface area contributed by atoms with Crippen LogP contribution in [0.3, 0.4) is 0 Å². The lowest BCUT2D eigenvalue weighted by atomic mass is 9.52. The maximum Gasteiger partial charge on any atom is 0.306 e. The second-order valence-electron chi connectivity index (χ2n) is 10.6. The highest BCUT2D eigenvalue weighted by molar-refractivity contribution is 5.91. The first kappa shape index (κ1) is 21.1. The molecule has 0 aromatic carbocycles. The Morgan fingerprint density at radius 2 is 1.97 bits per heavy atom. The number of rotatable bonds is 6. The molecule has 0 N–H and O–H groups in total. The summed E-state index contributed by atoms with van der Waals surface area (Å²) in [5, 5.41) is 0. The van der Waals surface area contributed by atoms with Crippen molar-refractivity contribution in [2.45, 2.75) is 104 Å². The van der Waals surface area contributed by atoms with Crippen molar-refractivity contribution in [3.63, 3.8) is 0 Å². The van der Waals surface area contributed by atoms with E-state index in [1.165, 1.54) is 31.3 Å². The van der Waals surface area contributed by atoms with Crippen molar-refractivity contribution in [3.8, 4) is 0 Å². The molecule has 0 spiro atoms. The number of esters is 1. The molecular formula is C26H40O3. The molecule has 0 aliphatic heterocycles. The highest BCUT2D eigenvalue weighted by Gasteiger charge is 2.60. The van der Waals surface area contributed by atoms with Crippen LogP contribution < -0.4 is 0 Å². The van der Waals surface area contributed by atoms with Crippen LogP contribution in [0.1, 0.15) is 97.8 Å². The lowest BCUT2D eigenvalue weighted by Crippen LogP contribution is -2.48. The van der Waals surface area contributed by atoms with Gasteiger partial charge in [-0.05, 0) is 87.0 Å². The SMILES string of the molecule is CCCCCC(=O)O[C@H]1[C@@H](CC)C[C@H]2[C@@H]3CCC4=CC(=O)CC[C@@H]4[C@H]3CC[C@@]21C. The van der Waals surface area contributed by atoms with Crippen molar-refractivity contribution in [3.05, 3.63) is 11.6 Å². The monoisotopic (exact) mass is 400 g/mol. The number of unbranched alkanes of at least 4 members (excludes halogenated alkanes) is 2. The van der Waals surface area contributed by atoms with Crippen molar-refractivity contribution in [2.75, 3.05) is 0 Å². The van der Waals surface area contributed by atoms with Crippen molar-refractivity contribution < 1.29 is 14.3 Å². The zero-order chi connectivity index (χ0) is 20.6. The van der Waals surface area contributed by atoms with Gasteiger partial charge < -0.3 is 4.74 Å². The fraction of sp³-hybridized carbons (Fsp3) is 0.846. The molecule has 7 atom stereocenters. The van der Waals surface area contributed by atoms with Gasteiger partial charge in [-0.2, -0.15) is 0 Å². The third-order valence-corrected chi connectivity index (χ3v) is 9.14.